The van der Waals surface area contributed by atoms with Crippen LogP contribution in [0.5, 0.6) is 0 Å². The fourth-order valence-corrected chi connectivity index (χ4v) is 1.66. The Balaban J connectivity index is 2.30. The summed E-state index contributed by atoms with van der Waals surface area (Å²) in [6.45, 7) is 2.58. The maximum atomic E-state index is 11.5. The van der Waals surface area contributed by atoms with E-state index in [9.17, 15) is 4.79 Å². The SMILES string of the molecule is CSC(C)C(=O)NCCc1ccc(Cl)cc1. The van der Waals surface area contributed by atoms with Crippen LogP contribution < -0.4 is 5.32 Å². The molecular formula is C12H16ClNOS. The number of carbonyl (C=O) groups is 1. The van der Waals surface area contributed by atoms with Gasteiger partial charge in [0.1, 0.15) is 0 Å². The lowest BCUT2D eigenvalue weighted by atomic mass is 10.1. The lowest BCUT2D eigenvalue weighted by Crippen LogP contribution is -2.32. The first-order valence-corrected chi connectivity index (χ1v) is 6.85. The quantitative estimate of drug-likeness (QED) is 0.879. The van der Waals surface area contributed by atoms with Gasteiger partial charge in [0.05, 0.1) is 5.25 Å². The number of amides is 1. The molecule has 0 aliphatic rings. The van der Waals surface area contributed by atoms with Gasteiger partial charge in [-0.25, -0.2) is 0 Å². The summed E-state index contributed by atoms with van der Waals surface area (Å²) in [5.41, 5.74) is 1.18. The van der Waals surface area contributed by atoms with Crippen molar-refractivity contribution in [3.05, 3.63) is 34.9 Å². The van der Waals surface area contributed by atoms with Crippen LogP contribution in [0.4, 0.5) is 0 Å². The molecule has 1 amide bonds. The maximum absolute atomic E-state index is 11.5. The highest BCUT2D eigenvalue weighted by Gasteiger charge is 2.09. The Morgan fingerprint density at radius 2 is 2.06 bits per heavy atom. The summed E-state index contributed by atoms with van der Waals surface area (Å²) < 4.78 is 0. The molecule has 1 aromatic carbocycles. The van der Waals surface area contributed by atoms with Crippen LogP contribution in [-0.4, -0.2) is 24.0 Å². The van der Waals surface area contributed by atoms with Crippen LogP contribution in [0.15, 0.2) is 24.3 Å². The van der Waals surface area contributed by atoms with Gasteiger partial charge in [-0.15, -0.1) is 0 Å². The second-order valence-corrected chi connectivity index (χ2v) is 5.16. The van der Waals surface area contributed by atoms with Crippen molar-refractivity contribution in [3.63, 3.8) is 0 Å². The van der Waals surface area contributed by atoms with Gasteiger partial charge in [-0.05, 0) is 37.3 Å². The normalized spacial score (nSPS) is 12.2. The van der Waals surface area contributed by atoms with E-state index in [0.29, 0.717) is 6.54 Å². The van der Waals surface area contributed by atoms with E-state index < -0.39 is 0 Å². The lowest BCUT2D eigenvalue weighted by Gasteiger charge is -2.09. The molecule has 0 aliphatic carbocycles. The van der Waals surface area contributed by atoms with Crippen molar-refractivity contribution in [2.75, 3.05) is 12.8 Å². The third-order valence-corrected chi connectivity index (χ3v) is 3.52. The van der Waals surface area contributed by atoms with Crippen LogP contribution in [0.2, 0.25) is 5.02 Å². The Hall–Kier alpha value is -0.670. The highest BCUT2D eigenvalue weighted by atomic mass is 35.5. The van der Waals surface area contributed by atoms with E-state index in [1.807, 2.05) is 37.4 Å². The Labute approximate surface area is 106 Å². The number of hydrogen-bond donors (Lipinski definition) is 1. The van der Waals surface area contributed by atoms with Crippen LogP contribution >= 0.6 is 23.4 Å². The van der Waals surface area contributed by atoms with E-state index in [2.05, 4.69) is 5.32 Å². The van der Waals surface area contributed by atoms with Crippen LogP contribution in [0.3, 0.4) is 0 Å². The van der Waals surface area contributed by atoms with Crippen molar-refractivity contribution in [2.45, 2.75) is 18.6 Å². The van der Waals surface area contributed by atoms with Gasteiger partial charge < -0.3 is 5.32 Å². The average Bonchev–Trinajstić information content (AvgIpc) is 2.30. The van der Waals surface area contributed by atoms with Crippen molar-refractivity contribution in [1.29, 1.82) is 0 Å². The molecule has 0 aromatic heterocycles. The molecule has 4 heteroatoms. The minimum atomic E-state index is 0.0187. The predicted octanol–water partition coefficient (Wildman–Crippen LogP) is 2.75. The smallest absolute Gasteiger partial charge is 0.232 e. The molecule has 0 fully saturated rings. The monoisotopic (exact) mass is 257 g/mol. The number of hydrogen-bond acceptors (Lipinski definition) is 2. The molecule has 1 aromatic rings. The van der Waals surface area contributed by atoms with Gasteiger partial charge in [0.25, 0.3) is 0 Å². The molecule has 1 unspecified atom stereocenters. The molecule has 0 heterocycles. The van der Waals surface area contributed by atoms with Gasteiger partial charge in [0.2, 0.25) is 5.91 Å². The summed E-state index contributed by atoms with van der Waals surface area (Å²) in [6, 6.07) is 7.69. The summed E-state index contributed by atoms with van der Waals surface area (Å²) in [6.07, 6.45) is 2.77. The summed E-state index contributed by atoms with van der Waals surface area (Å²) >= 11 is 7.34. The fraction of sp³-hybridized carbons (Fsp3) is 0.417. The third kappa shape index (κ3) is 4.45. The fourth-order valence-electron chi connectivity index (χ4n) is 1.23. The first-order valence-electron chi connectivity index (χ1n) is 5.18. The van der Waals surface area contributed by atoms with E-state index in [-0.39, 0.29) is 11.2 Å². The third-order valence-electron chi connectivity index (χ3n) is 2.35. The lowest BCUT2D eigenvalue weighted by molar-refractivity contribution is -0.120. The molecule has 0 saturated carbocycles. The van der Waals surface area contributed by atoms with E-state index in [1.54, 1.807) is 11.8 Å². The number of benzene rings is 1. The minimum absolute atomic E-state index is 0.0187. The zero-order chi connectivity index (χ0) is 12.0. The standard InChI is InChI=1S/C12H16ClNOS/c1-9(16-2)12(15)14-8-7-10-3-5-11(13)6-4-10/h3-6,9H,7-8H2,1-2H3,(H,14,15). The molecule has 1 atom stereocenters. The second-order valence-electron chi connectivity index (χ2n) is 3.55. The van der Waals surface area contributed by atoms with Gasteiger partial charge in [0, 0.05) is 11.6 Å². The Morgan fingerprint density at radius 1 is 1.44 bits per heavy atom. The molecule has 0 spiro atoms. The molecule has 0 radical (unpaired) electrons. The molecule has 0 aliphatic heterocycles. The van der Waals surface area contributed by atoms with E-state index >= 15 is 0 Å². The highest BCUT2D eigenvalue weighted by Crippen LogP contribution is 2.09. The zero-order valence-electron chi connectivity index (χ0n) is 9.50. The second kappa shape index (κ2) is 6.81. The number of thioether (sulfide) groups is 1. The van der Waals surface area contributed by atoms with Crippen molar-refractivity contribution in [2.24, 2.45) is 0 Å². The zero-order valence-corrected chi connectivity index (χ0v) is 11.1. The van der Waals surface area contributed by atoms with Crippen molar-refractivity contribution in [3.8, 4) is 0 Å². The number of rotatable bonds is 5. The van der Waals surface area contributed by atoms with Crippen LogP contribution in [0.25, 0.3) is 0 Å². The molecule has 88 valence electrons. The van der Waals surface area contributed by atoms with Crippen LogP contribution in [0.1, 0.15) is 12.5 Å². The molecule has 16 heavy (non-hydrogen) atoms. The van der Waals surface area contributed by atoms with Gasteiger partial charge >= 0.3 is 0 Å². The molecule has 2 nitrogen and oxygen atoms in total. The van der Waals surface area contributed by atoms with Crippen molar-refractivity contribution < 1.29 is 4.79 Å². The largest absolute Gasteiger partial charge is 0.355 e. The summed E-state index contributed by atoms with van der Waals surface area (Å²) in [5.74, 6) is 0.0986. The summed E-state index contributed by atoms with van der Waals surface area (Å²) in [7, 11) is 0. The van der Waals surface area contributed by atoms with Crippen molar-refractivity contribution in [1.82, 2.24) is 5.32 Å². The molecule has 0 saturated heterocycles. The highest BCUT2D eigenvalue weighted by molar-refractivity contribution is 7.99. The first-order chi connectivity index (χ1) is 7.63. The number of halogens is 1. The van der Waals surface area contributed by atoms with E-state index in [4.69, 9.17) is 11.6 Å². The summed E-state index contributed by atoms with van der Waals surface area (Å²) in [4.78, 5) is 11.5. The molecule has 0 bridgehead atoms. The Kier molecular flexibility index (Phi) is 5.71. The van der Waals surface area contributed by atoms with Gasteiger partial charge in [-0.1, -0.05) is 23.7 Å². The van der Waals surface area contributed by atoms with Crippen LogP contribution in [0, 0.1) is 0 Å². The number of nitrogens with one attached hydrogen (secondary N) is 1. The molecule has 1 N–H and O–H groups in total. The maximum Gasteiger partial charge on any atom is 0.232 e. The Morgan fingerprint density at radius 3 is 2.62 bits per heavy atom. The van der Waals surface area contributed by atoms with E-state index in [1.165, 1.54) is 5.56 Å². The predicted molar refractivity (Wildman–Crippen MR) is 71.1 cm³/mol. The summed E-state index contributed by atoms with van der Waals surface area (Å²) in [5, 5.41) is 3.66. The molecule has 1 rings (SSSR count). The van der Waals surface area contributed by atoms with Gasteiger partial charge in [-0.3, -0.25) is 4.79 Å². The topological polar surface area (TPSA) is 29.1 Å². The van der Waals surface area contributed by atoms with Gasteiger partial charge in [0.15, 0.2) is 0 Å². The molecular weight excluding hydrogens is 242 g/mol. The average molecular weight is 258 g/mol. The Bertz CT molecular complexity index is 339. The van der Waals surface area contributed by atoms with Crippen LogP contribution in [-0.2, 0) is 11.2 Å². The van der Waals surface area contributed by atoms with Crippen molar-refractivity contribution >= 4 is 29.3 Å². The number of carbonyl (C=O) groups excluding carboxylic acids is 1. The minimum Gasteiger partial charge on any atom is -0.355 e. The van der Waals surface area contributed by atoms with Gasteiger partial charge in [-0.2, -0.15) is 11.8 Å². The first kappa shape index (κ1) is 13.4. The van der Waals surface area contributed by atoms with E-state index in [0.717, 1.165) is 11.4 Å².